The molecule has 3 unspecified atom stereocenters. The molecule has 3 atom stereocenters. The van der Waals surface area contributed by atoms with E-state index >= 15 is 0 Å². The number of hydrogen-bond acceptors (Lipinski definition) is 2. The molecule has 54 valence electrons. The van der Waals surface area contributed by atoms with Gasteiger partial charge in [-0.1, -0.05) is 29.5 Å². The van der Waals surface area contributed by atoms with Crippen molar-refractivity contribution in [2.45, 2.75) is 19.1 Å². The summed E-state index contributed by atoms with van der Waals surface area (Å²) in [6.45, 7) is 2.73. The smallest absolute Gasteiger partial charge is 0.0926 e. The van der Waals surface area contributed by atoms with Crippen molar-refractivity contribution in [1.82, 2.24) is 0 Å². The number of hydrogen-bond donors (Lipinski definition) is 1. The normalized spacial score (nSPS) is 43.7. The number of rotatable bonds is 1. The summed E-state index contributed by atoms with van der Waals surface area (Å²) in [5.41, 5.74) is 0. The Morgan fingerprint density at radius 3 is 2.67 bits per heavy atom. The van der Waals surface area contributed by atoms with Gasteiger partial charge in [-0.15, -0.1) is 0 Å². The fraction of sp³-hybridized carbons (Fsp3) is 1.00. The molecule has 1 heterocycles. The van der Waals surface area contributed by atoms with Crippen molar-refractivity contribution < 1.29 is 9.84 Å². The van der Waals surface area contributed by atoms with E-state index < -0.39 is 0 Å². The first-order chi connectivity index (χ1) is 4.25. The van der Waals surface area contributed by atoms with E-state index in [-0.39, 0.29) is 12.2 Å². The van der Waals surface area contributed by atoms with Crippen LogP contribution in [-0.4, -0.2) is 28.3 Å². The maximum atomic E-state index is 9.33. The van der Waals surface area contributed by atoms with Crippen LogP contribution in [0, 0.1) is 5.92 Å². The first kappa shape index (κ1) is 7.75. The second-order valence-electron chi connectivity index (χ2n) is 2.49. The number of ether oxygens (including phenoxy) is 1. The lowest BCUT2D eigenvalue weighted by Gasteiger charge is -2.10. The van der Waals surface area contributed by atoms with Gasteiger partial charge in [0.1, 0.15) is 0 Å². The molecule has 0 saturated carbocycles. The summed E-state index contributed by atoms with van der Waals surface area (Å²) >= 11 is 2.23. The molecule has 2 nitrogen and oxygen atoms in total. The summed E-state index contributed by atoms with van der Waals surface area (Å²) in [7, 11) is 0. The zero-order chi connectivity index (χ0) is 6.85. The Morgan fingerprint density at radius 1 is 1.78 bits per heavy atom. The highest BCUT2D eigenvalue weighted by atomic mass is 127. The molecule has 0 aromatic heterocycles. The van der Waals surface area contributed by atoms with E-state index in [4.69, 9.17) is 4.74 Å². The summed E-state index contributed by atoms with van der Waals surface area (Å²) < 4.78 is 6.16. The Bertz CT molecular complexity index is 97.1. The van der Waals surface area contributed by atoms with Crippen molar-refractivity contribution in [1.29, 1.82) is 0 Å². The quantitative estimate of drug-likeness (QED) is 0.544. The maximum Gasteiger partial charge on any atom is 0.0926 e. The van der Waals surface area contributed by atoms with Crippen LogP contribution < -0.4 is 0 Å². The van der Waals surface area contributed by atoms with Crippen molar-refractivity contribution in [3.8, 4) is 0 Å². The van der Waals surface area contributed by atoms with Gasteiger partial charge >= 0.3 is 0 Å². The van der Waals surface area contributed by atoms with E-state index in [1.54, 1.807) is 0 Å². The molecule has 0 aromatic carbocycles. The third kappa shape index (κ3) is 1.56. The second kappa shape index (κ2) is 3.16. The van der Waals surface area contributed by atoms with E-state index in [2.05, 4.69) is 22.6 Å². The van der Waals surface area contributed by atoms with Crippen LogP contribution in [0.2, 0.25) is 0 Å². The predicted octanol–water partition coefficient (Wildman–Crippen LogP) is 0.817. The van der Waals surface area contributed by atoms with Gasteiger partial charge < -0.3 is 9.84 Å². The molecule has 0 amide bonds. The largest absolute Gasteiger partial charge is 0.390 e. The Labute approximate surface area is 68.7 Å². The highest BCUT2D eigenvalue weighted by molar-refractivity contribution is 14.1. The van der Waals surface area contributed by atoms with Crippen molar-refractivity contribution in [3.05, 3.63) is 0 Å². The predicted molar refractivity (Wildman–Crippen MR) is 43.8 cm³/mol. The van der Waals surface area contributed by atoms with Gasteiger partial charge in [0.05, 0.1) is 18.8 Å². The maximum absolute atomic E-state index is 9.33. The highest BCUT2D eigenvalue weighted by Gasteiger charge is 2.31. The van der Waals surface area contributed by atoms with Gasteiger partial charge in [-0.2, -0.15) is 0 Å². The fourth-order valence-corrected chi connectivity index (χ4v) is 1.75. The molecule has 1 aliphatic heterocycles. The number of halogens is 1. The topological polar surface area (TPSA) is 29.5 Å². The molecule has 1 fully saturated rings. The average Bonchev–Trinajstić information content (AvgIpc) is 2.15. The van der Waals surface area contributed by atoms with Gasteiger partial charge in [0, 0.05) is 10.3 Å². The molecule has 1 aliphatic rings. The molecule has 1 N–H and O–H groups in total. The van der Waals surface area contributed by atoms with E-state index in [1.807, 2.05) is 6.92 Å². The van der Waals surface area contributed by atoms with Crippen molar-refractivity contribution in [2.75, 3.05) is 11.0 Å². The minimum Gasteiger partial charge on any atom is -0.390 e. The lowest BCUT2D eigenvalue weighted by Crippen LogP contribution is -2.25. The first-order valence-corrected chi connectivity index (χ1v) is 4.64. The minimum absolute atomic E-state index is 0.0839. The molecule has 0 aliphatic carbocycles. The molecule has 0 spiro atoms. The Kier molecular flexibility index (Phi) is 2.73. The second-order valence-corrected chi connectivity index (χ2v) is 3.37. The SMILES string of the molecule is CC1COC(CI)C1O. The van der Waals surface area contributed by atoms with Crippen LogP contribution in [-0.2, 0) is 4.74 Å². The van der Waals surface area contributed by atoms with Gasteiger partial charge in [-0.05, 0) is 0 Å². The summed E-state index contributed by atoms with van der Waals surface area (Å²) in [6.07, 6.45) is -0.150. The molecular formula is C6H11IO2. The van der Waals surface area contributed by atoms with E-state index in [1.165, 1.54) is 0 Å². The van der Waals surface area contributed by atoms with Gasteiger partial charge in [-0.3, -0.25) is 0 Å². The Hall–Kier alpha value is 0.650. The van der Waals surface area contributed by atoms with Crippen LogP contribution in [0.25, 0.3) is 0 Å². The van der Waals surface area contributed by atoms with Gasteiger partial charge in [0.2, 0.25) is 0 Å². The van der Waals surface area contributed by atoms with E-state index in [0.29, 0.717) is 5.92 Å². The third-order valence-electron chi connectivity index (χ3n) is 1.69. The van der Waals surface area contributed by atoms with Gasteiger partial charge in [0.15, 0.2) is 0 Å². The number of alkyl halides is 1. The van der Waals surface area contributed by atoms with Crippen LogP contribution in [0.5, 0.6) is 0 Å². The van der Waals surface area contributed by atoms with Crippen molar-refractivity contribution >= 4 is 22.6 Å². The zero-order valence-corrected chi connectivity index (χ0v) is 7.54. The van der Waals surface area contributed by atoms with Crippen LogP contribution in [0.3, 0.4) is 0 Å². The molecule has 3 heteroatoms. The minimum atomic E-state index is -0.234. The molecule has 0 radical (unpaired) electrons. The summed E-state index contributed by atoms with van der Waals surface area (Å²) in [4.78, 5) is 0. The average molecular weight is 242 g/mol. The van der Waals surface area contributed by atoms with E-state index in [0.717, 1.165) is 11.0 Å². The summed E-state index contributed by atoms with van der Waals surface area (Å²) in [6, 6.07) is 0. The first-order valence-electron chi connectivity index (χ1n) is 3.11. The zero-order valence-electron chi connectivity index (χ0n) is 5.38. The molecule has 1 rings (SSSR count). The van der Waals surface area contributed by atoms with Crippen LogP contribution in [0.1, 0.15) is 6.92 Å². The van der Waals surface area contributed by atoms with Crippen molar-refractivity contribution in [3.63, 3.8) is 0 Å². The fourth-order valence-electron chi connectivity index (χ4n) is 0.975. The number of aliphatic hydroxyl groups excluding tert-OH is 1. The molecule has 0 bridgehead atoms. The van der Waals surface area contributed by atoms with Gasteiger partial charge in [-0.25, -0.2) is 0 Å². The summed E-state index contributed by atoms with van der Waals surface area (Å²) in [5, 5.41) is 9.33. The van der Waals surface area contributed by atoms with E-state index in [9.17, 15) is 5.11 Å². The van der Waals surface area contributed by atoms with Crippen LogP contribution in [0.4, 0.5) is 0 Å². The molecule has 1 saturated heterocycles. The molecule has 0 aromatic rings. The van der Waals surface area contributed by atoms with Crippen LogP contribution in [0.15, 0.2) is 0 Å². The van der Waals surface area contributed by atoms with Crippen LogP contribution >= 0.6 is 22.6 Å². The molecule has 9 heavy (non-hydrogen) atoms. The lowest BCUT2D eigenvalue weighted by atomic mass is 10.1. The lowest BCUT2D eigenvalue weighted by molar-refractivity contribution is 0.0575. The highest BCUT2D eigenvalue weighted by Crippen LogP contribution is 2.20. The standard InChI is InChI=1S/C6H11IO2/c1-4-3-9-5(2-7)6(4)8/h4-6,8H,2-3H2,1H3. The third-order valence-corrected chi connectivity index (χ3v) is 2.56. The van der Waals surface area contributed by atoms with Gasteiger partial charge in [0.25, 0.3) is 0 Å². The Balaban J connectivity index is 2.41. The monoisotopic (exact) mass is 242 g/mol. The molecular weight excluding hydrogens is 231 g/mol. The summed E-state index contributed by atoms with van der Waals surface area (Å²) in [5.74, 6) is 0.324. The number of aliphatic hydroxyl groups is 1. The Morgan fingerprint density at radius 2 is 2.44 bits per heavy atom. The van der Waals surface area contributed by atoms with Crippen molar-refractivity contribution in [2.24, 2.45) is 5.92 Å².